The lowest BCUT2D eigenvalue weighted by atomic mass is 9.95. The molecule has 0 fully saturated rings. The van der Waals surface area contributed by atoms with Gasteiger partial charge in [0.2, 0.25) is 0 Å². The van der Waals surface area contributed by atoms with E-state index in [0.717, 1.165) is 25.2 Å². The normalized spacial score (nSPS) is 14.9. The Hall–Kier alpha value is -0.820. The van der Waals surface area contributed by atoms with Crippen LogP contribution in [0.1, 0.15) is 38.7 Å². The van der Waals surface area contributed by atoms with E-state index in [4.69, 9.17) is 5.73 Å². The Kier molecular flexibility index (Phi) is 5.41. The lowest BCUT2D eigenvalue weighted by Gasteiger charge is -2.15. The predicted molar refractivity (Wildman–Crippen MR) is 66.8 cm³/mol. The summed E-state index contributed by atoms with van der Waals surface area (Å²) in [6.45, 7) is 4.51. The Morgan fingerprint density at radius 2 is 1.87 bits per heavy atom. The molecule has 1 aromatic rings. The minimum Gasteiger partial charge on any atom is -0.328 e. The average Bonchev–Trinajstić information content (AvgIpc) is 2.27. The van der Waals surface area contributed by atoms with Gasteiger partial charge in [-0.3, -0.25) is 0 Å². The monoisotopic (exact) mass is 205 g/mol. The van der Waals surface area contributed by atoms with E-state index in [9.17, 15) is 0 Å². The molecular formula is C14H23N. The van der Waals surface area contributed by atoms with Gasteiger partial charge in [-0.2, -0.15) is 0 Å². The zero-order chi connectivity index (χ0) is 11.1. The zero-order valence-corrected chi connectivity index (χ0v) is 9.95. The lowest BCUT2D eigenvalue weighted by molar-refractivity contribution is 0.436. The van der Waals surface area contributed by atoms with Crippen molar-refractivity contribution in [2.75, 3.05) is 0 Å². The van der Waals surface area contributed by atoms with E-state index in [1.54, 1.807) is 0 Å². The molecule has 1 aromatic carbocycles. The smallest absolute Gasteiger partial charge is 0.00445 e. The van der Waals surface area contributed by atoms with Gasteiger partial charge in [0.25, 0.3) is 0 Å². The third-order valence-electron chi connectivity index (χ3n) is 3.05. The van der Waals surface area contributed by atoms with Crippen molar-refractivity contribution < 1.29 is 0 Å². The SMILES string of the molecule is CCC(C)CC(N)CCc1ccccc1. The van der Waals surface area contributed by atoms with Crippen molar-refractivity contribution in [3.63, 3.8) is 0 Å². The molecule has 0 radical (unpaired) electrons. The molecule has 84 valence electrons. The summed E-state index contributed by atoms with van der Waals surface area (Å²) >= 11 is 0. The molecule has 2 N–H and O–H groups in total. The van der Waals surface area contributed by atoms with E-state index in [0.29, 0.717) is 6.04 Å². The molecule has 0 aliphatic carbocycles. The summed E-state index contributed by atoms with van der Waals surface area (Å²) < 4.78 is 0. The van der Waals surface area contributed by atoms with Gasteiger partial charge < -0.3 is 5.73 Å². The Labute approximate surface area is 93.7 Å². The maximum atomic E-state index is 6.10. The van der Waals surface area contributed by atoms with Gasteiger partial charge in [-0.05, 0) is 30.7 Å². The molecule has 0 spiro atoms. The van der Waals surface area contributed by atoms with Crippen LogP contribution in [-0.4, -0.2) is 6.04 Å². The molecule has 0 saturated carbocycles. The van der Waals surface area contributed by atoms with Gasteiger partial charge in [-0.1, -0.05) is 50.6 Å². The Bertz CT molecular complexity index is 255. The van der Waals surface area contributed by atoms with E-state index in [1.807, 2.05) is 0 Å². The molecule has 0 aliphatic rings. The van der Waals surface area contributed by atoms with Gasteiger partial charge in [0, 0.05) is 6.04 Å². The highest BCUT2D eigenvalue weighted by Crippen LogP contribution is 2.12. The largest absolute Gasteiger partial charge is 0.328 e. The summed E-state index contributed by atoms with van der Waals surface area (Å²) in [5.41, 5.74) is 7.50. The van der Waals surface area contributed by atoms with E-state index in [-0.39, 0.29) is 0 Å². The summed E-state index contributed by atoms with van der Waals surface area (Å²) in [5.74, 6) is 0.760. The number of rotatable bonds is 6. The summed E-state index contributed by atoms with van der Waals surface area (Å²) in [6, 6.07) is 11.0. The van der Waals surface area contributed by atoms with Crippen LogP contribution in [0.4, 0.5) is 0 Å². The maximum absolute atomic E-state index is 6.10. The highest BCUT2D eigenvalue weighted by molar-refractivity contribution is 5.14. The number of nitrogens with two attached hydrogens (primary N) is 1. The van der Waals surface area contributed by atoms with Crippen molar-refractivity contribution in [3.05, 3.63) is 35.9 Å². The van der Waals surface area contributed by atoms with Gasteiger partial charge in [0.15, 0.2) is 0 Å². The molecule has 0 bridgehead atoms. The quantitative estimate of drug-likeness (QED) is 0.757. The van der Waals surface area contributed by atoms with Crippen LogP contribution in [0.15, 0.2) is 30.3 Å². The van der Waals surface area contributed by atoms with Crippen molar-refractivity contribution in [2.45, 2.75) is 45.6 Å². The predicted octanol–water partition coefficient (Wildman–Crippen LogP) is 3.38. The van der Waals surface area contributed by atoms with Gasteiger partial charge >= 0.3 is 0 Å². The molecule has 0 aromatic heterocycles. The highest BCUT2D eigenvalue weighted by Gasteiger charge is 2.07. The molecule has 1 nitrogen and oxygen atoms in total. The molecule has 0 amide bonds. The molecule has 0 heterocycles. The molecule has 0 saturated heterocycles. The first-order chi connectivity index (χ1) is 7.22. The second-order valence-electron chi connectivity index (χ2n) is 4.53. The van der Waals surface area contributed by atoms with Crippen molar-refractivity contribution in [3.8, 4) is 0 Å². The molecule has 15 heavy (non-hydrogen) atoms. The second-order valence-corrected chi connectivity index (χ2v) is 4.53. The van der Waals surface area contributed by atoms with E-state index >= 15 is 0 Å². The topological polar surface area (TPSA) is 26.0 Å². The van der Waals surface area contributed by atoms with Crippen molar-refractivity contribution in [1.29, 1.82) is 0 Å². The average molecular weight is 205 g/mol. The molecule has 1 heteroatoms. The first kappa shape index (κ1) is 12.3. The van der Waals surface area contributed by atoms with Crippen LogP contribution in [0.2, 0.25) is 0 Å². The molecule has 1 rings (SSSR count). The Morgan fingerprint density at radius 3 is 2.47 bits per heavy atom. The fraction of sp³-hybridized carbons (Fsp3) is 0.571. The summed E-state index contributed by atoms with van der Waals surface area (Å²) in [4.78, 5) is 0. The van der Waals surface area contributed by atoms with Crippen LogP contribution in [0.3, 0.4) is 0 Å². The van der Waals surface area contributed by atoms with Crippen molar-refractivity contribution >= 4 is 0 Å². The third-order valence-corrected chi connectivity index (χ3v) is 3.05. The number of aryl methyl sites for hydroxylation is 1. The summed E-state index contributed by atoms with van der Waals surface area (Å²) in [7, 11) is 0. The molecule has 0 aliphatic heterocycles. The van der Waals surface area contributed by atoms with Crippen LogP contribution in [0.5, 0.6) is 0 Å². The number of benzene rings is 1. The molecule has 2 atom stereocenters. The Morgan fingerprint density at radius 1 is 1.20 bits per heavy atom. The van der Waals surface area contributed by atoms with Crippen molar-refractivity contribution in [1.82, 2.24) is 0 Å². The first-order valence-electron chi connectivity index (χ1n) is 6.02. The van der Waals surface area contributed by atoms with Crippen LogP contribution >= 0.6 is 0 Å². The molecule has 2 unspecified atom stereocenters. The second kappa shape index (κ2) is 6.62. The standard InChI is InChI=1S/C14H23N/c1-3-12(2)11-14(15)10-9-13-7-5-4-6-8-13/h4-8,12,14H,3,9-11,15H2,1-2H3. The lowest BCUT2D eigenvalue weighted by Crippen LogP contribution is -2.23. The van der Waals surface area contributed by atoms with Gasteiger partial charge in [-0.25, -0.2) is 0 Å². The van der Waals surface area contributed by atoms with Gasteiger partial charge in [0.05, 0.1) is 0 Å². The zero-order valence-electron chi connectivity index (χ0n) is 9.95. The summed E-state index contributed by atoms with van der Waals surface area (Å²) in [5, 5.41) is 0. The minimum atomic E-state index is 0.361. The van der Waals surface area contributed by atoms with Gasteiger partial charge in [-0.15, -0.1) is 0 Å². The third kappa shape index (κ3) is 4.98. The number of hydrogen-bond donors (Lipinski definition) is 1. The fourth-order valence-corrected chi connectivity index (χ4v) is 1.80. The summed E-state index contributed by atoms with van der Waals surface area (Å²) in [6.07, 6.45) is 4.61. The Balaban J connectivity index is 2.25. The van der Waals surface area contributed by atoms with E-state index < -0.39 is 0 Å². The van der Waals surface area contributed by atoms with E-state index in [1.165, 1.54) is 12.0 Å². The number of hydrogen-bond acceptors (Lipinski definition) is 1. The fourth-order valence-electron chi connectivity index (χ4n) is 1.80. The van der Waals surface area contributed by atoms with Crippen molar-refractivity contribution in [2.24, 2.45) is 11.7 Å². The van der Waals surface area contributed by atoms with E-state index in [2.05, 4.69) is 44.2 Å². The minimum absolute atomic E-state index is 0.361. The van der Waals surface area contributed by atoms with Gasteiger partial charge in [0.1, 0.15) is 0 Å². The first-order valence-corrected chi connectivity index (χ1v) is 6.02. The van der Waals surface area contributed by atoms with Crippen LogP contribution in [-0.2, 0) is 6.42 Å². The molecular weight excluding hydrogens is 182 g/mol. The van der Waals surface area contributed by atoms with Crippen LogP contribution < -0.4 is 5.73 Å². The maximum Gasteiger partial charge on any atom is 0.00445 e. The van der Waals surface area contributed by atoms with Crippen LogP contribution in [0, 0.1) is 5.92 Å². The van der Waals surface area contributed by atoms with Crippen LogP contribution in [0.25, 0.3) is 0 Å². The highest BCUT2D eigenvalue weighted by atomic mass is 14.6.